The van der Waals surface area contributed by atoms with Crippen LogP contribution < -0.4 is 0 Å². The summed E-state index contributed by atoms with van der Waals surface area (Å²) in [6, 6.07) is 15.0. The molecule has 0 bridgehead atoms. The molecule has 0 fully saturated rings. The summed E-state index contributed by atoms with van der Waals surface area (Å²) in [5.41, 5.74) is 4.17. The van der Waals surface area contributed by atoms with Crippen LogP contribution in [-0.4, -0.2) is 57.0 Å². The lowest BCUT2D eigenvalue weighted by Gasteiger charge is -2.21. The van der Waals surface area contributed by atoms with E-state index in [1.165, 1.54) is 17.0 Å². The number of hydrogen-bond donors (Lipinski definition) is 1. The maximum absolute atomic E-state index is 13.8. The quantitative estimate of drug-likeness (QED) is 0.584. The van der Waals surface area contributed by atoms with Crippen molar-refractivity contribution in [3.8, 4) is 11.3 Å². The lowest BCUT2D eigenvalue weighted by molar-refractivity contribution is 0.115. The summed E-state index contributed by atoms with van der Waals surface area (Å²) >= 11 is 0. The first kappa shape index (κ1) is 19.5. The van der Waals surface area contributed by atoms with E-state index in [0.717, 1.165) is 42.8 Å². The second kappa shape index (κ2) is 9.65. The number of aromatic amines is 1. The van der Waals surface area contributed by atoms with E-state index in [4.69, 9.17) is 9.47 Å². The van der Waals surface area contributed by atoms with Crippen LogP contribution in [0.5, 0.6) is 0 Å². The van der Waals surface area contributed by atoms with Crippen LogP contribution in [0.3, 0.4) is 0 Å². The molecule has 0 saturated carbocycles. The van der Waals surface area contributed by atoms with Crippen LogP contribution in [0.4, 0.5) is 4.39 Å². The predicted molar refractivity (Wildman–Crippen MR) is 108 cm³/mol. The maximum Gasteiger partial charge on any atom is 0.123 e. The maximum atomic E-state index is 13.8. The normalized spacial score (nSPS) is 11.6. The van der Waals surface area contributed by atoms with Gasteiger partial charge in [-0.1, -0.05) is 30.3 Å². The Morgan fingerprint density at radius 3 is 2.37 bits per heavy atom. The van der Waals surface area contributed by atoms with E-state index in [1.54, 1.807) is 26.4 Å². The van der Waals surface area contributed by atoms with E-state index in [1.807, 2.05) is 18.2 Å². The minimum absolute atomic E-state index is 0.223. The SMILES string of the molecule is COCCN(CCOC)CCc1c(-c2cccc(F)c2)[nH]c2ccccc12. The van der Waals surface area contributed by atoms with Crippen molar-refractivity contribution >= 4 is 10.9 Å². The zero-order valence-corrected chi connectivity index (χ0v) is 16.0. The van der Waals surface area contributed by atoms with Crippen molar-refractivity contribution in [2.75, 3.05) is 47.1 Å². The van der Waals surface area contributed by atoms with Gasteiger partial charge in [0.1, 0.15) is 5.82 Å². The average Bonchev–Trinajstić information content (AvgIpc) is 3.06. The van der Waals surface area contributed by atoms with Crippen molar-refractivity contribution in [2.45, 2.75) is 6.42 Å². The number of ether oxygens (including phenoxy) is 2. The van der Waals surface area contributed by atoms with E-state index in [-0.39, 0.29) is 5.82 Å². The molecule has 0 aliphatic carbocycles. The molecule has 3 rings (SSSR count). The molecule has 5 heteroatoms. The van der Waals surface area contributed by atoms with Gasteiger partial charge < -0.3 is 14.5 Å². The van der Waals surface area contributed by atoms with E-state index in [9.17, 15) is 4.39 Å². The fraction of sp³-hybridized carbons (Fsp3) is 0.364. The smallest absolute Gasteiger partial charge is 0.123 e. The van der Waals surface area contributed by atoms with Gasteiger partial charge in [0.2, 0.25) is 0 Å². The van der Waals surface area contributed by atoms with Gasteiger partial charge in [-0.15, -0.1) is 0 Å². The van der Waals surface area contributed by atoms with Crippen LogP contribution in [0.15, 0.2) is 48.5 Å². The third-order valence-electron chi connectivity index (χ3n) is 4.83. The Morgan fingerprint density at radius 2 is 1.67 bits per heavy atom. The number of halogens is 1. The van der Waals surface area contributed by atoms with Crippen molar-refractivity contribution in [1.29, 1.82) is 0 Å². The topological polar surface area (TPSA) is 37.5 Å². The number of benzene rings is 2. The highest BCUT2D eigenvalue weighted by Gasteiger charge is 2.15. The molecule has 0 amide bonds. The molecule has 1 heterocycles. The summed E-state index contributed by atoms with van der Waals surface area (Å²) in [6.07, 6.45) is 0.864. The number of nitrogens with zero attached hydrogens (tertiary/aromatic N) is 1. The van der Waals surface area contributed by atoms with Gasteiger partial charge in [-0.25, -0.2) is 4.39 Å². The molecule has 27 heavy (non-hydrogen) atoms. The average molecular weight is 370 g/mol. The Kier molecular flexibility index (Phi) is 6.98. The third-order valence-corrected chi connectivity index (χ3v) is 4.83. The monoisotopic (exact) mass is 370 g/mol. The van der Waals surface area contributed by atoms with E-state index in [0.29, 0.717) is 13.2 Å². The number of hydrogen-bond acceptors (Lipinski definition) is 3. The van der Waals surface area contributed by atoms with Crippen LogP contribution in [0.2, 0.25) is 0 Å². The summed E-state index contributed by atoms with van der Waals surface area (Å²) in [5, 5.41) is 1.19. The number of para-hydroxylation sites is 1. The minimum atomic E-state index is -0.223. The van der Waals surface area contributed by atoms with Gasteiger partial charge in [0, 0.05) is 56.0 Å². The Hall–Kier alpha value is -2.21. The highest BCUT2D eigenvalue weighted by atomic mass is 19.1. The number of fused-ring (bicyclic) bond motifs is 1. The fourth-order valence-electron chi connectivity index (χ4n) is 3.40. The van der Waals surface area contributed by atoms with Crippen molar-refractivity contribution in [1.82, 2.24) is 9.88 Å². The number of H-pyrrole nitrogens is 1. The van der Waals surface area contributed by atoms with Crippen LogP contribution >= 0.6 is 0 Å². The van der Waals surface area contributed by atoms with Gasteiger partial charge in [0.15, 0.2) is 0 Å². The highest BCUT2D eigenvalue weighted by Crippen LogP contribution is 2.31. The zero-order chi connectivity index (χ0) is 19.1. The summed E-state index contributed by atoms with van der Waals surface area (Å²) in [7, 11) is 3.44. The number of nitrogens with one attached hydrogen (secondary N) is 1. The molecule has 144 valence electrons. The van der Waals surface area contributed by atoms with E-state index < -0.39 is 0 Å². The first-order valence-electron chi connectivity index (χ1n) is 9.28. The van der Waals surface area contributed by atoms with Gasteiger partial charge in [0.25, 0.3) is 0 Å². The molecule has 0 atom stereocenters. The Labute approximate surface area is 159 Å². The van der Waals surface area contributed by atoms with Crippen LogP contribution in [-0.2, 0) is 15.9 Å². The van der Waals surface area contributed by atoms with Gasteiger partial charge >= 0.3 is 0 Å². The minimum Gasteiger partial charge on any atom is -0.383 e. The van der Waals surface area contributed by atoms with Gasteiger partial charge in [-0.2, -0.15) is 0 Å². The molecule has 0 radical (unpaired) electrons. The number of methoxy groups -OCH3 is 2. The van der Waals surface area contributed by atoms with Gasteiger partial charge in [-0.05, 0) is 30.2 Å². The molecule has 0 saturated heterocycles. The van der Waals surface area contributed by atoms with Gasteiger partial charge in [-0.3, -0.25) is 4.90 Å². The van der Waals surface area contributed by atoms with Crippen molar-refractivity contribution in [3.63, 3.8) is 0 Å². The summed E-state index contributed by atoms with van der Waals surface area (Å²) in [4.78, 5) is 5.82. The standard InChI is InChI=1S/C22H27FN2O2/c1-26-14-12-25(13-15-27-2)11-10-20-19-8-3-4-9-21(19)24-22(20)17-6-5-7-18(23)16-17/h3-9,16,24H,10-15H2,1-2H3. The summed E-state index contributed by atoms with van der Waals surface area (Å²) in [5.74, 6) is -0.223. The van der Waals surface area contributed by atoms with E-state index in [2.05, 4.69) is 22.0 Å². The predicted octanol–water partition coefficient (Wildman–Crippen LogP) is 4.11. The number of aromatic nitrogens is 1. The largest absolute Gasteiger partial charge is 0.383 e. The molecule has 3 aromatic rings. The molecule has 0 aliphatic heterocycles. The lowest BCUT2D eigenvalue weighted by Crippen LogP contribution is -2.32. The Bertz CT molecular complexity index is 854. The van der Waals surface area contributed by atoms with E-state index >= 15 is 0 Å². The zero-order valence-electron chi connectivity index (χ0n) is 16.0. The Balaban J connectivity index is 1.88. The molecule has 0 unspecified atom stereocenters. The van der Waals surface area contributed by atoms with Crippen LogP contribution in [0.1, 0.15) is 5.56 Å². The molecule has 1 N–H and O–H groups in total. The summed E-state index contributed by atoms with van der Waals surface area (Å²) in [6.45, 7) is 3.98. The van der Waals surface area contributed by atoms with Crippen molar-refractivity contribution in [2.24, 2.45) is 0 Å². The molecular weight excluding hydrogens is 343 g/mol. The lowest BCUT2D eigenvalue weighted by atomic mass is 10.0. The molecule has 2 aromatic carbocycles. The van der Waals surface area contributed by atoms with Crippen LogP contribution in [0.25, 0.3) is 22.2 Å². The van der Waals surface area contributed by atoms with Gasteiger partial charge in [0.05, 0.1) is 13.2 Å². The van der Waals surface area contributed by atoms with Crippen molar-refractivity contribution < 1.29 is 13.9 Å². The van der Waals surface area contributed by atoms with Crippen molar-refractivity contribution in [3.05, 3.63) is 59.9 Å². The second-order valence-electron chi connectivity index (χ2n) is 6.61. The second-order valence-corrected chi connectivity index (χ2v) is 6.61. The first-order chi connectivity index (χ1) is 13.2. The number of rotatable bonds is 10. The Morgan fingerprint density at radius 1 is 0.926 bits per heavy atom. The first-order valence-corrected chi connectivity index (χ1v) is 9.28. The fourth-order valence-corrected chi connectivity index (χ4v) is 3.40. The molecule has 0 spiro atoms. The summed E-state index contributed by atoms with van der Waals surface area (Å²) < 4.78 is 24.3. The third kappa shape index (κ3) is 4.95. The molecule has 1 aromatic heterocycles. The van der Waals surface area contributed by atoms with Crippen LogP contribution in [0, 0.1) is 5.82 Å². The molecular formula is C22H27FN2O2. The molecule has 4 nitrogen and oxygen atoms in total. The molecule has 0 aliphatic rings. The highest BCUT2D eigenvalue weighted by molar-refractivity contribution is 5.90.